The summed E-state index contributed by atoms with van der Waals surface area (Å²) < 4.78 is 0.784. The van der Waals surface area contributed by atoms with Crippen molar-refractivity contribution >= 4 is 35.8 Å². The van der Waals surface area contributed by atoms with Gasteiger partial charge in [0.25, 0.3) is 0 Å². The van der Waals surface area contributed by atoms with Gasteiger partial charge < -0.3 is 20.3 Å². The number of carboxylic acid groups (broad SMARTS) is 1. The van der Waals surface area contributed by atoms with Crippen molar-refractivity contribution in [3.8, 4) is 5.75 Å². The second-order valence-electron chi connectivity index (χ2n) is 4.52. The fourth-order valence-electron chi connectivity index (χ4n) is 1.39. The van der Waals surface area contributed by atoms with Gasteiger partial charge in [0.05, 0.1) is 21.1 Å². The molecule has 0 aliphatic rings. The summed E-state index contributed by atoms with van der Waals surface area (Å²) in [7, 11) is 7.62. The van der Waals surface area contributed by atoms with Crippen molar-refractivity contribution in [2.24, 2.45) is 0 Å². The Hall–Kier alpha value is -1.02. The Morgan fingerprint density at radius 1 is 1.33 bits per heavy atom. The summed E-state index contributed by atoms with van der Waals surface area (Å²) in [6, 6.07) is 5.48. The lowest BCUT2D eigenvalue weighted by atomic mass is 10.1. The van der Waals surface area contributed by atoms with E-state index in [1.807, 2.05) is 18.3 Å². The fourth-order valence-corrected chi connectivity index (χ4v) is 1.39. The van der Waals surface area contributed by atoms with Crippen LogP contribution in [0.25, 0.3) is 0 Å². The van der Waals surface area contributed by atoms with Crippen molar-refractivity contribution in [3.63, 3.8) is 0 Å². The highest BCUT2D eigenvalue weighted by Crippen LogP contribution is 2.25. The molecule has 1 rings (SSSR count). The zero-order valence-electron chi connectivity index (χ0n) is 11.4. The summed E-state index contributed by atoms with van der Waals surface area (Å²) in [6.45, 7) is 2.01. The van der Waals surface area contributed by atoms with E-state index in [4.69, 9.17) is 9.90 Å². The highest BCUT2D eigenvalue weighted by atomic mass is 127. The third kappa shape index (κ3) is 7.33. The van der Waals surface area contributed by atoms with Crippen LogP contribution in [-0.4, -0.2) is 39.4 Å². The number of halogens is 1. The van der Waals surface area contributed by atoms with Crippen LogP contribution in [0.2, 0.25) is 0 Å². The lowest BCUT2D eigenvalue weighted by Gasteiger charge is -2.25. The van der Waals surface area contributed by atoms with Crippen molar-refractivity contribution in [1.29, 1.82) is 0 Å². The van der Waals surface area contributed by atoms with Gasteiger partial charge in [-0.3, -0.25) is 4.48 Å². The number of phenolic OH excluding ortho intramolecular Hbond substituents is 1. The van der Waals surface area contributed by atoms with Crippen LogP contribution < -0.4 is 14.9 Å². The number of aromatic hydroxyl groups is 1. The van der Waals surface area contributed by atoms with Crippen molar-refractivity contribution in [2.45, 2.75) is 6.92 Å². The van der Waals surface area contributed by atoms with Gasteiger partial charge in [-0.15, -0.1) is 24.0 Å². The Bertz CT molecular complexity index is 389. The topological polar surface area (TPSA) is 72.4 Å². The summed E-state index contributed by atoms with van der Waals surface area (Å²) in [5.74, 6) is 0.338. The molecule has 1 aromatic carbocycles. The molecule has 0 heterocycles. The third-order valence-electron chi connectivity index (χ3n) is 2.11. The highest BCUT2D eigenvalue weighted by molar-refractivity contribution is 14.0. The monoisotopic (exact) mass is 368 g/mol. The predicted octanol–water partition coefficient (Wildman–Crippen LogP) is 1.06. The molecule has 104 valence electrons. The number of phenols is 1. The molecule has 0 spiro atoms. The standard InChI is InChI=1S/C10H15NO.C2H5NO2.HI/c1-8-7-9(12)5-6-10(8)11(2,3)4;1-3-2(4)5;/h5-7H,1-4H3;3H,1H3,(H,4,5);1H. The maximum absolute atomic E-state index is 9.20. The van der Waals surface area contributed by atoms with E-state index in [9.17, 15) is 5.11 Å². The average molecular weight is 368 g/mol. The fraction of sp³-hybridized carbons (Fsp3) is 0.417. The minimum atomic E-state index is -1.25. The molecule has 6 heteroatoms. The molecular formula is C12H21IN2O3. The van der Waals surface area contributed by atoms with Crippen LogP contribution in [0.15, 0.2) is 18.2 Å². The van der Waals surface area contributed by atoms with E-state index in [0.717, 1.165) is 10.0 Å². The van der Waals surface area contributed by atoms with Crippen molar-refractivity contribution in [3.05, 3.63) is 23.8 Å². The molecule has 0 radical (unpaired) electrons. The first-order chi connectivity index (χ1) is 7.68. The number of quaternary nitrogens is 1. The number of carbonyl (C=O) groups excluding carboxylic acids is 1. The number of nitrogens with one attached hydrogen (secondary N) is 1. The third-order valence-corrected chi connectivity index (χ3v) is 2.11. The van der Waals surface area contributed by atoms with Gasteiger partial charge in [-0.2, -0.15) is 0 Å². The molecule has 0 saturated heterocycles. The normalized spacial score (nSPS) is 9.61. The van der Waals surface area contributed by atoms with Crippen molar-refractivity contribution in [2.75, 3.05) is 28.2 Å². The largest absolute Gasteiger partial charge is 0.530 e. The molecule has 0 saturated carbocycles. The maximum atomic E-state index is 9.20. The Kier molecular flexibility index (Phi) is 8.75. The van der Waals surface area contributed by atoms with Gasteiger partial charge in [0.15, 0.2) is 0 Å². The highest BCUT2D eigenvalue weighted by Gasteiger charge is 2.14. The molecule has 0 aliphatic carbocycles. The predicted molar refractivity (Wildman–Crippen MR) is 82.3 cm³/mol. The number of carbonyl (C=O) groups is 1. The number of benzene rings is 1. The number of hydrogen-bond acceptors (Lipinski definition) is 3. The van der Waals surface area contributed by atoms with E-state index in [0.29, 0.717) is 5.75 Å². The van der Waals surface area contributed by atoms with E-state index in [2.05, 4.69) is 21.1 Å². The van der Waals surface area contributed by atoms with Gasteiger partial charge in [-0.05, 0) is 19.1 Å². The van der Waals surface area contributed by atoms with E-state index in [-0.39, 0.29) is 24.0 Å². The zero-order valence-corrected chi connectivity index (χ0v) is 13.7. The van der Waals surface area contributed by atoms with Gasteiger partial charge in [-0.1, -0.05) is 0 Å². The van der Waals surface area contributed by atoms with Crippen LogP contribution in [0.3, 0.4) is 0 Å². The number of amides is 1. The minimum Gasteiger partial charge on any atom is -0.530 e. The van der Waals surface area contributed by atoms with Gasteiger partial charge in [0.1, 0.15) is 17.5 Å². The van der Waals surface area contributed by atoms with Gasteiger partial charge in [0, 0.05) is 18.7 Å². The Balaban J connectivity index is 0. The first kappa shape index (κ1) is 19.3. The summed E-state index contributed by atoms with van der Waals surface area (Å²) in [5.41, 5.74) is 2.36. The van der Waals surface area contributed by atoms with Crippen molar-refractivity contribution < 1.29 is 15.0 Å². The van der Waals surface area contributed by atoms with Crippen molar-refractivity contribution in [1.82, 2.24) is 9.80 Å². The molecule has 1 aromatic rings. The van der Waals surface area contributed by atoms with Crippen LogP contribution in [0.4, 0.5) is 10.5 Å². The Morgan fingerprint density at radius 3 is 2.06 bits per heavy atom. The molecule has 0 bridgehead atoms. The average Bonchev–Trinajstić information content (AvgIpc) is 2.16. The minimum absolute atomic E-state index is 0. The molecule has 0 fully saturated rings. The first-order valence-corrected chi connectivity index (χ1v) is 5.19. The maximum Gasteiger partial charge on any atom is 0.135 e. The summed E-state index contributed by atoms with van der Waals surface area (Å²) in [5, 5.41) is 20.2. The van der Waals surface area contributed by atoms with E-state index >= 15 is 0 Å². The zero-order chi connectivity index (χ0) is 13.6. The van der Waals surface area contributed by atoms with E-state index in [1.165, 1.54) is 12.7 Å². The van der Waals surface area contributed by atoms with Gasteiger partial charge in [-0.25, -0.2) is 0 Å². The smallest absolute Gasteiger partial charge is 0.135 e. The number of nitrogens with zero attached hydrogens (tertiary/aromatic N) is 1. The SMILES string of the molecule is CNC(=O)[O-].Cc1cc(O)ccc1[N+](C)(C)C.I. The lowest BCUT2D eigenvalue weighted by molar-refractivity contribution is -0.250. The molecule has 1 amide bonds. The number of hydrogen-bond donors (Lipinski definition) is 2. The molecule has 18 heavy (non-hydrogen) atoms. The summed E-state index contributed by atoms with van der Waals surface area (Å²) >= 11 is 0. The number of rotatable bonds is 1. The van der Waals surface area contributed by atoms with Gasteiger partial charge in [0.2, 0.25) is 0 Å². The number of aryl methyl sites for hydroxylation is 1. The Labute approximate surface area is 125 Å². The van der Waals surface area contributed by atoms with Crippen LogP contribution in [0.5, 0.6) is 5.75 Å². The molecule has 2 N–H and O–H groups in total. The summed E-state index contributed by atoms with van der Waals surface area (Å²) in [4.78, 5) is 9.15. The first-order valence-electron chi connectivity index (χ1n) is 5.19. The van der Waals surface area contributed by atoms with Crippen LogP contribution in [0.1, 0.15) is 5.56 Å². The molecule has 0 atom stereocenters. The molecule has 5 nitrogen and oxygen atoms in total. The second-order valence-corrected chi connectivity index (χ2v) is 4.52. The molecule has 0 unspecified atom stereocenters. The van der Waals surface area contributed by atoms with E-state index < -0.39 is 6.09 Å². The molecule has 0 aliphatic heterocycles. The van der Waals surface area contributed by atoms with E-state index in [1.54, 1.807) is 12.1 Å². The van der Waals surface area contributed by atoms with Gasteiger partial charge >= 0.3 is 0 Å². The lowest BCUT2D eigenvalue weighted by Crippen LogP contribution is -2.35. The molecular weight excluding hydrogens is 347 g/mol. The quantitative estimate of drug-likeness (QED) is 0.575. The van der Waals surface area contributed by atoms with Crippen LogP contribution in [0, 0.1) is 6.92 Å². The summed E-state index contributed by atoms with van der Waals surface area (Å²) in [6.07, 6.45) is -1.25. The second kappa shape index (κ2) is 8.15. The molecule has 0 aromatic heterocycles. The van der Waals surface area contributed by atoms with Crippen LogP contribution >= 0.6 is 24.0 Å². The Morgan fingerprint density at radius 2 is 1.78 bits per heavy atom. The van der Waals surface area contributed by atoms with Crippen LogP contribution in [-0.2, 0) is 0 Å².